The van der Waals surface area contributed by atoms with E-state index in [-0.39, 0.29) is 11.5 Å². The maximum Gasteiger partial charge on any atom is 0.343 e. The van der Waals surface area contributed by atoms with E-state index in [1.54, 1.807) is 0 Å². The van der Waals surface area contributed by atoms with Gasteiger partial charge in [-0.1, -0.05) is 11.8 Å². The van der Waals surface area contributed by atoms with E-state index in [9.17, 15) is 10.1 Å². The van der Waals surface area contributed by atoms with Crippen molar-refractivity contribution in [1.29, 1.82) is 0 Å². The van der Waals surface area contributed by atoms with E-state index < -0.39 is 4.92 Å². The fourth-order valence-corrected chi connectivity index (χ4v) is 3.00. The summed E-state index contributed by atoms with van der Waals surface area (Å²) >= 11 is 1.45. The molecule has 0 saturated carbocycles. The fourth-order valence-electron chi connectivity index (χ4n) is 1.86. The van der Waals surface area contributed by atoms with Crippen LogP contribution in [0.25, 0.3) is 0 Å². The van der Waals surface area contributed by atoms with Crippen LogP contribution in [-0.4, -0.2) is 39.9 Å². The normalized spacial score (nSPS) is 16.3. The molecule has 1 fully saturated rings. The summed E-state index contributed by atoms with van der Waals surface area (Å²) in [5, 5.41) is 14.9. The number of ether oxygens (including phenoxy) is 1. The van der Waals surface area contributed by atoms with Crippen LogP contribution >= 0.6 is 11.8 Å². The van der Waals surface area contributed by atoms with E-state index in [1.165, 1.54) is 18.1 Å². The Balaban J connectivity index is 2.22. The first-order valence-corrected chi connectivity index (χ1v) is 7.08. The number of nitrogens with zero attached hydrogens (tertiary/aromatic N) is 3. The molecule has 2 rings (SSSR count). The van der Waals surface area contributed by atoms with Crippen molar-refractivity contribution < 1.29 is 9.66 Å². The van der Waals surface area contributed by atoms with Gasteiger partial charge in [0.25, 0.3) is 0 Å². The Morgan fingerprint density at radius 2 is 2.26 bits per heavy atom. The van der Waals surface area contributed by atoms with Crippen LogP contribution in [0.3, 0.4) is 0 Å². The van der Waals surface area contributed by atoms with Gasteiger partial charge in [-0.05, 0) is 19.8 Å². The number of nitrogens with one attached hydrogen (secondary N) is 1. The molecule has 8 heteroatoms. The predicted molar refractivity (Wildman–Crippen MR) is 72.5 cm³/mol. The van der Waals surface area contributed by atoms with Gasteiger partial charge in [0.1, 0.15) is 6.33 Å². The van der Waals surface area contributed by atoms with Crippen LogP contribution in [0.15, 0.2) is 11.4 Å². The van der Waals surface area contributed by atoms with E-state index >= 15 is 0 Å². The average molecular weight is 284 g/mol. The Morgan fingerprint density at radius 1 is 1.53 bits per heavy atom. The quantitative estimate of drug-likeness (QED) is 0.503. The highest BCUT2D eigenvalue weighted by Crippen LogP contribution is 2.37. The van der Waals surface area contributed by atoms with Crippen molar-refractivity contribution >= 4 is 23.3 Å². The molecule has 0 bridgehead atoms. The molecule has 1 N–H and O–H groups in total. The first-order valence-electron chi connectivity index (χ1n) is 6.20. The summed E-state index contributed by atoms with van der Waals surface area (Å²) < 4.78 is 5.29. The van der Waals surface area contributed by atoms with Crippen LogP contribution < -0.4 is 5.32 Å². The molecule has 0 aromatic carbocycles. The van der Waals surface area contributed by atoms with Gasteiger partial charge in [-0.15, -0.1) is 0 Å². The molecule has 1 saturated heterocycles. The summed E-state index contributed by atoms with van der Waals surface area (Å²) in [7, 11) is 0. The molecule has 2 heterocycles. The van der Waals surface area contributed by atoms with E-state index in [4.69, 9.17) is 4.74 Å². The highest BCUT2D eigenvalue weighted by atomic mass is 32.2. The molecule has 1 aromatic rings. The monoisotopic (exact) mass is 284 g/mol. The molecule has 0 radical (unpaired) electrons. The van der Waals surface area contributed by atoms with Crippen LogP contribution in [0.4, 0.5) is 11.5 Å². The van der Waals surface area contributed by atoms with Crippen LogP contribution in [0.2, 0.25) is 0 Å². The van der Waals surface area contributed by atoms with E-state index in [0.717, 1.165) is 12.8 Å². The lowest BCUT2D eigenvalue weighted by molar-refractivity contribution is -0.387. The molecule has 104 valence electrons. The Morgan fingerprint density at radius 3 is 2.89 bits per heavy atom. The van der Waals surface area contributed by atoms with Gasteiger partial charge in [-0.2, -0.15) is 0 Å². The number of hydrogen-bond donors (Lipinski definition) is 1. The van der Waals surface area contributed by atoms with Gasteiger partial charge in [-0.3, -0.25) is 10.1 Å². The first-order chi connectivity index (χ1) is 9.22. The minimum absolute atomic E-state index is 0.0270. The maximum absolute atomic E-state index is 11.2. The molecule has 7 nitrogen and oxygen atoms in total. The van der Waals surface area contributed by atoms with Crippen LogP contribution in [0.5, 0.6) is 0 Å². The molecule has 0 spiro atoms. The largest absolute Gasteiger partial charge is 0.381 e. The van der Waals surface area contributed by atoms with Gasteiger partial charge >= 0.3 is 5.69 Å². The third-order valence-electron chi connectivity index (χ3n) is 2.76. The van der Waals surface area contributed by atoms with Crippen molar-refractivity contribution in [3.8, 4) is 0 Å². The van der Waals surface area contributed by atoms with Crippen LogP contribution in [-0.2, 0) is 4.74 Å². The molecule has 0 unspecified atom stereocenters. The Bertz CT molecular complexity index is 452. The van der Waals surface area contributed by atoms with Crippen molar-refractivity contribution in [2.75, 3.05) is 25.1 Å². The molecule has 1 aromatic heterocycles. The molecule has 0 aliphatic carbocycles. The lowest BCUT2D eigenvalue weighted by Crippen LogP contribution is -2.18. The third kappa shape index (κ3) is 3.54. The molecule has 0 atom stereocenters. The fraction of sp³-hybridized carbons (Fsp3) is 0.636. The lowest BCUT2D eigenvalue weighted by atomic mass is 10.2. The minimum Gasteiger partial charge on any atom is -0.381 e. The van der Waals surface area contributed by atoms with Crippen molar-refractivity contribution in [1.82, 2.24) is 9.97 Å². The number of hydrogen-bond acceptors (Lipinski definition) is 7. The van der Waals surface area contributed by atoms with Gasteiger partial charge < -0.3 is 10.1 Å². The number of nitro groups is 1. The molecule has 0 amide bonds. The zero-order chi connectivity index (χ0) is 13.7. The summed E-state index contributed by atoms with van der Waals surface area (Å²) in [4.78, 5) is 18.8. The number of thioether (sulfide) groups is 1. The Hall–Kier alpha value is -1.41. The maximum atomic E-state index is 11.2. The van der Waals surface area contributed by atoms with E-state index in [1.807, 2.05) is 6.92 Å². The zero-order valence-corrected chi connectivity index (χ0v) is 11.5. The standard InChI is InChI=1S/C11H16N4O3S/c1-2-12-10-9(15(16)17)11(14-7-13-10)19-8-3-5-18-6-4-8/h7-8H,2-6H2,1H3,(H,12,13,14). The number of aromatic nitrogens is 2. The molecule has 1 aliphatic heterocycles. The topological polar surface area (TPSA) is 90.2 Å². The first kappa shape index (κ1) is 14.0. The summed E-state index contributed by atoms with van der Waals surface area (Å²) in [5.41, 5.74) is -0.0270. The summed E-state index contributed by atoms with van der Waals surface area (Å²) in [6.07, 6.45) is 3.15. The number of anilines is 1. The SMILES string of the molecule is CCNc1ncnc(SC2CCOCC2)c1[N+](=O)[O-]. The Kier molecular flexibility index (Phi) is 4.92. The molecular weight excluding hydrogens is 268 g/mol. The van der Waals surface area contributed by atoms with Gasteiger partial charge in [0.05, 0.1) is 4.92 Å². The summed E-state index contributed by atoms with van der Waals surface area (Å²) in [6, 6.07) is 0. The highest BCUT2D eigenvalue weighted by Gasteiger charge is 2.26. The third-order valence-corrected chi connectivity index (χ3v) is 4.09. The molecule has 1 aliphatic rings. The van der Waals surface area contributed by atoms with E-state index in [2.05, 4.69) is 15.3 Å². The summed E-state index contributed by atoms with van der Waals surface area (Å²) in [6.45, 7) is 3.86. The zero-order valence-electron chi connectivity index (χ0n) is 10.7. The van der Waals surface area contributed by atoms with Crippen molar-refractivity contribution in [2.45, 2.75) is 30.0 Å². The highest BCUT2D eigenvalue weighted by molar-refractivity contribution is 8.00. The van der Waals surface area contributed by atoms with E-state index in [0.29, 0.717) is 30.0 Å². The van der Waals surface area contributed by atoms with Crippen LogP contribution in [0, 0.1) is 10.1 Å². The van der Waals surface area contributed by atoms with Gasteiger partial charge in [-0.25, -0.2) is 9.97 Å². The molecule has 19 heavy (non-hydrogen) atoms. The second kappa shape index (κ2) is 6.67. The van der Waals surface area contributed by atoms with Gasteiger partial charge in [0.15, 0.2) is 5.03 Å². The number of rotatable bonds is 5. The van der Waals surface area contributed by atoms with Crippen molar-refractivity contribution in [3.05, 3.63) is 16.4 Å². The predicted octanol–water partition coefficient (Wildman–Crippen LogP) is 2.09. The minimum atomic E-state index is -0.417. The second-order valence-electron chi connectivity index (χ2n) is 4.09. The van der Waals surface area contributed by atoms with Crippen molar-refractivity contribution in [3.63, 3.8) is 0 Å². The smallest absolute Gasteiger partial charge is 0.343 e. The second-order valence-corrected chi connectivity index (χ2v) is 5.38. The summed E-state index contributed by atoms with van der Waals surface area (Å²) in [5.74, 6) is 0.289. The van der Waals surface area contributed by atoms with Gasteiger partial charge in [0, 0.05) is 25.0 Å². The Labute approximate surface area is 115 Å². The van der Waals surface area contributed by atoms with Crippen LogP contribution in [0.1, 0.15) is 19.8 Å². The van der Waals surface area contributed by atoms with Gasteiger partial charge in [0.2, 0.25) is 5.82 Å². The van der Waals surface area contributed by atoms with Crippen molar-refractivity contribution in [2.24, 2.45) is 0 Å². The molecular formula is C11H16N4O3S. The average Bonchev–Trinajstić information content (AvgIpc) is 2.40. The lowest BCUT2D eigenvalue weighted by Gasteiger charge is -2.20.